The van der Waals surface area contributed by atoms with Crippen molar-refractivity contribution in [2.24, 2.45) is 5.41 Å². The van der Waals surface area contributed by atoms with Crippen LogP contribution < -0.4 is 5.32 Å². The van der Waals surface area contributed by atoms with Crippen LogP contribution in [0.2, 0.25) is 0 Å². The predicted octanol–water partition coefficient (Wildman–Crippen LogP) is 3.77. The molecule has 4 nitrogen and oxygen atoms in total. The highest BCUT2D eigenvalue weighted by Gasteiger charge is 2.61. The number of hydrogen-bond donors (Lipinski definition) is 1. The molecule has 0 aromatic carbocycles. The third-order valence-electron chi connectivity index (χ3n) is 4.20. The van der Waals surface area contributed by atoms with Crippen molar-refractivity contribution >= 4 is 7.60 Å². The van der Waals surface area contributed by atoms with Crippen molar-refractivity contribution < 1.29 is 13.6 Å². The molecule has 108 valence electrons. The molecule has 18 heavy (non-hydrogen) atoms. The van der Waals surface area contributed by atoms with Crippen LogP contribution in [-0.2, 0) is 13.6 Å². The summed E-state index contributed by atoms with van der Waals surface area (Å²) < 4.78 is 24.2. The highest BCUT2D eigenvalue weighted by molar-refractivity contribution is 7.55. The Bertz CT molecular complexity index is 322. The number of hydrogen-bond acceptors (Lipinski definition) is 4. The van der Waals surface area contributed by atoms with Gasteiger partial charge in [0.25, 0.3) is 0 Å². The summed E-state index contributed by atoms with van der Waals surface area (Å²) in [6.45, 7) is 12.9. The number of nitrogens with one attached hydrogen (secondary N) is 1. The molecule has 1 fully saturated rings. The molecule has 0 amide bonds. The maximum atomic E-state index is 13.1. The molecular formula is C13H28NO3P. The fraction of sp³-hybridized carbons (Fsp3) is 1.00. The molecule has 1 saturated heterocycles. The zero-order chi connectivity index (χ0) is 14.0. The molecule has 0 aromatic rings. The van der Waals surface area contributed by atoms with E-state index in [2.05, 4.69) is 26.1 Å². The molecule has 0 radical (unpaired) electrons. The van der Waals surface area contributed by atoms with Gasteiger partial charge in [0.05, 0.1) is 13.2 Å². The van der Waals surface area contributed by atoms with Gasteiger partial charge in [0.1, 0.15) is 5.28 Å². The summed E-state index contributed by atoms with van der Waals surface area (Å²) in [6.07, 6.45) is 2.02. The Labute approximate surface area is 111 Å². The molecule has 0 unspecified atom stereocenters. The van der Waals surface area contributed by atoms with Gasteiger partial charge in [-0.3, -0.25) is 9.88 Å². The van der Waals surface area contributed by atoms with Crippen molar-refractivity contribution in [3.8, 4) is 0 Å². The summed E-state index contributed by atoms with van der Waals surface area (Å²) in [4.78, 5) is 0. The minimum atomic E-state index is -3.16. The lowest BCUT2D eigenvalue weighted by Crippen LogP contribution is -2.48. The van der Waals surface area contributed by atoms with Crippen LogP contribution in [0.4, 0.5) is 0 Å². The van der Waals surface area contributed by atoms with Gasteiger partial charge in [0.2, 0.25) is 0 Å². The van der Waals surface area contributed by atoms with Crippen molar-refractivity contribution in [2.45, 2.75) is 65.7 Å². The second-order valence-corrected chi connectivity index (χ2v) is 8.15. The van der Waals surface area contributed by atoms with Crippen LogP contribution in [0.15, 0.2) is 0 Å². The van der Waals surface area contributed by atoms with Crippen LogP contribution in [0, 0.1) is 5.41 Å². The normalized spacial score (nSPS) is 31.8. The molecule has 1 aliphatic heterocycles. The van der Waals surface area contributed by atoms with Gasteiger partial charge in [-0.1, -0.05) is 20.8 Å². The lowest BCUT2D eigenvalue weighted by Gasteiger charge is -2.42. The van der Waals surface area contributed by atoms with Crippen LogP contribution in [0.5, 0.6) is 0 Å². The second-order valence-electron chi connectivity index (χ2n) is 5.74. The lowest BCUT2D eigenvalue weighted by molar-refractivity contribution is 0.158. The molecule has 1 aliphatic rings. The SMILES string of the molecule is CCOP(=O)(OCC)[C@@]1(C)N[C@@H](CC)CC1(C)C. The molecule has 0 aliphatic carbocycles. The smallest absolute Gasteiger partial charge is 0.308 e. The third kappa shape index (κ3) is 2.53. The quantitative estimate of drug-likeness (QED) is 0.751. The molecule has 0 saturated carbocycles. The van der Waals surface area contributed by atoms with Crippen LogP contribution in [0.25, 0.3) is 0 Å². The van der Waals surface area contributed by atoms with Crippen LogP contribution in [-0.4, -0.2) is 24.5 Å². The first-order valence-electron chi connectivity index (χ1n) is 6.93. The maximum Gasteiger partial charge on any atom is 0.350 e. The van der Waals surface area contributed by atoms with Crippen molar-refractivity contribution in [1.29, 1.82) is 0 Å². The van der Waals surface area contributed by atoms with Gasteiger partial charge >= 0.3 is 7.60 Å². The van der Waals surface area contributed by atoms with Gasteiger partial charge in [0.15, 0.2) is 0 Å². The highest BCUT2D eigenvalue weighted by atomic mass is 31.2. The van der Waals surface area contributed by atoms with E-state index >= 15 is 0 Å². The summed E-state index contributed by atoms with van der Waals surface area (Å²) in [5.41, 5.74) is -0.118. The summed E-state index contributed by atoms with van der Waals surface area (Å²) in [5, 5.41) is 2.89. The van der Waals surface area contributed by atoms with Gasteiger partial charge in [-0.25, -0.2) is 0 Å². The minimum Gasteiger partial charge on any atom is -0.308 e. The van der Waals surface area contributed by atoms with Crippen LogP contribution in [0.1, 0.15) is 54.4 Å². The van der Waals surface area contributed by atoms with E-state index in [1.54, 1.807) is 0 Å². The third-order valence-corrected chi connectivity index (χ3v) is 7.22. The predicted molar refractivity (Wildman–Crippen MR) is 74.9 cm³/mol. The Morgan fingerprint density at radius 3 is 2.00 bits per heavy atom. The van der Waals surface area contributed by atoms with E-state index in [-0.39, 0.29) is 5.41 Å². The first-order chi connectivity index (χ1) is 8.26. The molecule has 1 rings (SSSR count). The molecule has 5 heteroatoms. The second kappa shape index (κ2) is 5.62. The first-order valence-corrected chi connectivity index (χ1v) is 8.47. The molecule has 0 aromatic heterocycles. The Balaban J connectivity index is 3.12. The van der Waals surface area contributed by atoms with E-state index in [0.717, 1.165) is 12.8 Å². The Morgan fingerprint density at radius 1 is 1.17 bits per heavy atom. The van der Waals surface area contributed by atoms with Crippen molar-refractivity contribution in [3.63, 3.8) is 0 Å². The molecular weight excluding hydrogens is 249 g/mol. The maximum absolute atomic E-state index is 13.1. The topological polar surface area (TPSA) is 47.6 Å². The summed E-state index contributed by atoms with van der Waals surface area (Å²) >= 11 is 0. The van der Waals surface area contributed by atoms with Gasteiger partial charge in [0, 0.05) is 6.04 Å². The van der Waals surface area contributed by atoms with Crippen molar-refractivity contribution in [1.82, 2.24) is 5.32 Å². The first kappa shape index (κ1) is 16.2. The van der Waals surface area contributed by atoms with Crippen LogP contribution >= 0.6 is 7.60 Å². The molecule has 1 heterocycles. The summed E-state index contributed by atoms with van der Waals surface area (Å²) in [5.74, 6) is 0. The van der Waals surface area contributed by atoms with E-state index in [4.69, 9.17) is 9.05 Å². The fourth-order valence-electron chi connectivity index (χ4n) is 2.79. The molecule has 0 bridgehead atoms. The fourth-order valence-corrected chi connectivity index (χ4v) is 5.23. The van der Waals surface area contributed by atoms with E-state index in [1.165, 1.54) is 0 Å². The van der Waals surface area contributed by atoms with Crippen molar-refractivity contribution in [3.05, 3.63) is 0 Å². The lowest BCUT2D eigenvalue weighted by atomic mass is 9.84. The highest BCUT2D eigenvalue weighted by Crippen LogP contribution is 2.67. The number of rotatable bonds is 6. The van der Waals surface area contributed by atoms with Gasteiger partial charge < -0.3 is 9.05 Å². The molecule has 1 N–H and O–H groups in total. The van der Waals surface area contributed by atoms with E-state index < -0.39 is 12.9 Å². The van der Waals surface area contributed by atoms with E-state index in [0.29, 0.717) is 19.3 Å². The largest absolute Gasteiger partial charge is 0.350 e. The minimum absolute atomic E-state index is 0.118. The Kier molecular flexibility index (Phi) is 5.05. The summed E-state index contributed by atoms with van der Waals surface area (Å²) in [7, 11) is -3.16. The molecule has 0 spiro atoms. The Hall–Kier alpha value is 0.110. The zero-order valence-corrected chi connectivity index (χ0v) is 13.5. The molecule has 2 atom stereocenters. The van der Waals surface area contributed by atoms with E-state index in [1.807, 2.05) is 20.8 Å². The average molecular weight is 277 g/mol. The average Bonchev–Trinajstić information content (AvgIpc) is 2.51. The van der Waals surface area contributed by atoms with Gasteiger partial charge in [-0.2, -0.15) is 0 Å². The standard InChI is InChI=1S/C13H28NO3P/c1-7-11-10-12(4,5)13(6,14-11)18(15,16-8-2)17-9-3/h11,14H,7-10H2,1-6H3/t11-,13+/m0/s1. The van der Waals surface area contributed by atoms with Gasteiger partial charge in [-0.05, 0) is 39.0 Å². The zero-order valence-electron chi connectivity index (χ0n) is 12.6. The van der Waals surface area contributed by atoms with Crippen molar-refractivity contribution in [2.75, 3.05) is 13.2 Å². The van der Waals surface area contributed by atoms with Crippen LogP contribution in [0.3, 0.4) is 0 Å². The van der Waals surface area contributed by atoms with Gasteiger partial charge in [-0.15, -0.1) is 0 Å². The summed E-state index contributed by atoms with van der Waals surface area (Å²) in [6, 6.07) is 0.374. The Morgan fingerprint density at radius 2 is 1.67 bits per heavy atom. The monoisotopic (exact) mass is 277 g/mol. The van der Waals surface area contributed by atoms with E-state index in [9.17, 15) is 4.57 Å².